The van der Waals surface area contributed by atoms with E-state index in [-0.39, 0.29) is 11.9 Å². The number of halogens is 3. The summed E-state index contributed by atoms with van der Waals surface area (Å²) < 4.78 is 0.746. The average molecular weight is 348 g/mol. The Morgan fingerprint density at radius 1 is 1.30 bits per heavy atom. The molecule has 3 rings (SSSR count). The zero-order valence-electron chi connectivity index (χ0n) is 9.58. The van der Waals surface area contributed by atoms with E-state index in [0.717, 1.165) is 4.70 Å². The summed E-state index contributed by atoms with van der Waals surface area (Å²) in [7, 11) is 0. The van der Waals surface area contributed by atoms with Crippen LogP contribution in [-0.2, 0) is 0 Å². The van der Waals surface area contributed by atoms with Crippen LogP contribution in [0, 0.1) is 0 Å². The third-order valence-electron chi connectivity index (χ3n) is 2.50. The van der Waals surface area contributed by atoms with E-state index < -0.39 is 0 Å². The van der Waals surface area contributed by atoms with Crippen LogP contribution in [0.5, 0.6) is 0 Å². The summed E-state index contributed by atoms with van der Waals surface area (Å²) in [6.45, 7) is 0. The van der Waals surface area contributed by atoms with Gasteiger partial charge in [0.15, 0.2) is 0 Å². The highest BCUT2D eigenvalue weighted by molar-refractivity contribution is 7.21. The minimum absolute atomic E-state index is 0.243. The summed E-state index contributed by atoms with van der Waals surface area (Å²) in [5.41, 5.74) is 0. The van der Waals surface area contributed by atoms with E-state index in [4.69, 9.17) is 34.8 Å². The number of amides is 1. The Bertz CT molecular complexity index is 800. The van der Waals surface area contributed by atoms with Gasteiger partial charge in [0, 0.05) is 15.1 Å². The minimum Gasteiger partial charge on any atom is -0.290 e. The van der Waals surface area contributed by atoms with Gasteiger partial charge in [0.25, 0.3) is 5.91 Å². The molecule has 102 valence electrons. The van der Waals surface area contributed by atoms with Gasteiger partial charge in [0.2, 0.25) is 5.95 Å². The molecule has 0 saturated carbocycles. The number of hydrogen-bond acceptors (Lipinski definition) is 4. The molecule has 1 aromatic carbocycles. The fraction of sp³-hybridized carbons (Fsp3) is 0. The second-order valence-corrected chi connectivity index (χ2v) is 6.07. The van der Waals surface area contributed by atoms with Crippen LogP contribution in [0.3, 0.4) is 0 Å². The van der Waals surface area contributed by atoms with Gasteiger partial charge in [-0.05, 0) is 12.1 Å². The second-order valence-electron chi connectivity index (χ2n) is 3.79. The molecule has 0 atom stereocenters. The van der Waals surface area contributed by atoms with E-state index in [9.17, 15) is 4.79 Å². The van der Waals surface area contributed by atoms with Gasteiger partial charge in [-0.3, -0.25) is 10.1 Å². The van der Waals surface area contributed by atoms with E-state index in [0.29, 0.717) is 25.3 Å². The quantitative estimate of drug-likeness (QED) is 0.728. The van der Waals surface area contributed by atoms with Crippen molar-refractivity contribution in [3.63, 3.8) is 0 Å². The molecule has 1 amide bonds. The fourth-order valence-electron chi connectivity index (χ4n) is 1.69. The number of aromatic nitrogens is 3. The van der Waals surface area contributed by atoms with Crippen molar-refractivity contribution < 1.29 is 4.79 Å². The smallest absolute Gasteiger partial charge is 0.269 e. The van der Waals surface area contributed by atoms with Gasteiger partial charge in [0.1, 0.15) is 11.2 Å². The van der Waals surface area contributed by atoms with E-state index in [1.165, 1.54) is 17.7 Å². The lowest BCUT2D eigenvalue weighted by Gasteiger charge is -1.99. The van der Waals surface area contributed by atoms with Crippen LogP contribution in [-0.4, -0.2) is 21.1 Å². The molecule has 0 aliphatic heterocycles. The predicted molar refractivity (Wildman–Crippen MR) is 81.2 cm³/mol. The molecule has 0 unspecified atom stereocenters. The average Bonchev–Trinajstić information content (AvgIpc) is 2.97. The Hall–Kier alpha value is -1.34. The molecule has 9 heteroatoms. The normalized spacial score (nSPS) is 10.9. The first kappa shape index (κ1) is 13.6. The number of fused-ring (bicyclic) bond motifs is 1. The van der Waals surface area contributed by atoms with Crippen molar-refractivity contribution in [2.24, 2.45) is 0 Å². The number of H-pyrrole nitrogens is 1. The lowest BCUT2D eigenvalue weighted by atomic mass is 10.2. The third kappa shape index (κ3) is 2.35. The van der Waals surface area contributed by atoms with Crippen LogP contribution in [0.1, 0.15) is 9.67 Å². The van der Waals surface area contributed by atoms with Gasteiger partial charge >= 0.3 is 0 Å². The first-order chi connectivity index (χ1) is 9.56. The first-order valence-corrected chi connectivity index (χ1v) is 7.25. The van der Waals surface area contributed by atoms with Crippen LogP contribution >= 0.6 is 46.1 Å². The number of nitrogens with one attached hydrogen (secondary N) is 2. The number of hydrogen-bond donors (Lipinski definition) is 2. The number of carbonyl (C=O) groups is 1. The van der Waals surface area contributed by atoms with Crippen molar-refractivity contribution >= 4 is 68.1 Å². The van der Waals surface area contributed by atoms with Gasteiger partial charge in [-0.25, -0.2) is 5.10 Å². The lowest BCUT2D eigenvalue weighted by molar-refractivity contribution is 0.103. The standard InChI is InChI=1S/C11H5Cl3N4OS/c12-4-1-5(13)7-6(2-4)20-9(8(7)14)10(19)17-11-15-3-16-18-11/h1-3H,(H2,15,16,17,18,19). The SMILES string of the molecule is O=C(Nc1ncn[nH]1)c1sc2cc(Cl)cc(Cl)c2c1Cl. The molecule has 0 fully saturated rings. The van der Waals surface area contributed by atoms with Gasteiger partial charge in [-0.2, -0.15) is 10.1 Å². The van der Waals surface area contributed by atoms with Crippen LogP contribution < -0.4 is 5.32 Å². The molecular weight excluding hydrogens is 343 g/mol. The third-order valence-corrected chi connectivity index (χ3v) is 4.64. The van der Waals surface area contributed by atoms with Crippen molar-refractivity contribution in [2.45, 2.75) is 0 Å². The van der Waals surface area contributed by atoms with Crippen molar-refractivity contribution in [3.8, 4) is 0 Å². The minimum atomic E-state index is -0.389. The van der Waals surface area contributed by atoms with E-state index in [2.05, 4.69) is 20.5 Å². The topological polar surface area (TPSA) is 70.7 Å². The summed E-state index contributed by atoms with van der Waals surface area (Å²) in [4.78, 5) is 16.3. The lowest BCUT2D eigenvalue weighted by Crippen LogP contribution is -2.11. The summed E-state index contributed by atoms with van der Waals surface area (Å²) in [6.07, 6.45) is 1.29. The van der Waals surface area contributed by atoms with Gasteiger partial charge in [0.05, 0.1) is 10.0 Å². The van der Waals surface area contributed by atoms with Crippen LogP contribution in [0.2, 0.25) is 15.1 Å². The number of nitrogens with zero attached hydrogens (tertiary/aromatic N) is 2. The molecule has 3 aromatic rings. The maximum Gasteiger partial charge on any atom is 0.269 e. The molecule has 0 bridgehead atoms. The van der Waals surface area contributed by atoms with Crippen molar-refractivity contribution in [1.29, 1.82) is 0 Å². The summed E-state index contributed by atoms with van der Waals surface area (Å²) in [6, 6.07) is 3.30. The molecule has 2 heterocycles. The first-order valence-electron chi connectivity index (χ1n) is 5.30. The molecule has 0 saturated heterocycles. The number of benzene rings is 1. The number of rotatable bonds is 2. The Kier molecular flexibility index (Phi) is 3.55. The molecule has 0 spiro atoms. The Morgan fingerprint density at radius 2 is 2.10 bits per heavy atom. The number of aromatic amines is 1. The van der Waals surface area contributed by atoms with Crippen molar-refractivity contribution in [3.05, 3.63) is 38.4 Å². The zero-order chi connectivity index (χ0) is 14.3. The molecule has 20 heavy (non-hydrogen) atoms. The zero-order valence-corrected chi connectivity index (χ0v) is 12.7. The van der Waals surface area contributed by atoms with Gasteiger partial charge in [-0.15, -0.1) is 11.3 Å². The Balaban J connectivity index is 2.06. The van der Waals surface area contributed by atoms with Gasteiger partial charge < -0.3 is 0 Å². The maximum absolute atomic E-state index is 12.1. The molecular formula is C11H5Cl3N4OS. The number of thiophene rings is 1. The number of anilines is 1. The molecule has 0 aliphatic rings. The highest BCUT2D eigenvalue weighted by atomic mass is 35.5. The Labute approximate surface area is 131 Å². The van der Waals surface area contributed by atoms with Gasteiger partial charge in [-0.1, -0.05) is 34.8 Å². The molecule has 5 nitrogen and oxygen atoms in total. The summed E-state index contributed by atoms with van der Waals surface area (Å²) in [5, 5.41) is 10.5. The highest BCUT2D eigenvalue weighted by Gasteiger charge is 2.20. The Morgan fingerprint density at radius 3 is 2.80 bits per heavy atom. The number of carbonyl (C=O) groups excluding carboxylic acids is 1. The monoisotopic (exact) mass is 346 g/mol. The van der Waals surface area contributed by atoms with E-state index >= 15 is 0 Å². The maximum atomic E-state index is 12.1. The largest absolute Gasteiger partial charge is 0.290 e. The molecule has 2 aromatic heterocycles. The second kappa shape index (κ2) is 5.21. The summed E-state index contributed by atoms with van der Waals surface area (Å²) in [5.74, 6) is -0.146. The van der Waals surface area contributed by atoms with Crippen LogP contribution in [0.25, 0.3) is 10.1 Å². The van der Waals surface area contributed by atoms with E-state index in [1.54, 1.807) is 12.1 Å². The summed E-state index contributed by atoms with van der Waals surface area (Å²) >= 11 is 19.5. The van der Waals surface area contributed by atoms with E-state index in [1.807, 2.05) is 0 Å². The van der Waals surface area contributed by atoms with Crippen molar-refractivity contribution in [2.75, 3.05) is 5.32 Å². The fourth-order valence-corrected chi connectivity index (χ4v) is 3.96. The molecule has 0 aliphatic carbocycles. The van der Waals surface area contributed by atoms with Crippen molar-refractivity contribution in [1.82, 2.24) is 15.2 Å². The highest BCUT2D eigenvalue weighted by Crippen LogP contribution is 2.41. The van der Waals surface area contributed by atoms with Crippen LogP contribution in [0.15, 0.2) is 18.5 Å². The van der Waals surface area contributed by atoms with Crippen LogP contribution in [0.4, 0.5) is 5.95 Å². The predicted octanol–water partition coefficient (Wildman–Crippen LogP) is 4.23. The molecule has 2 N–H and O–H groups in total. The molecule has 0 radical (unpaired) electrons.